The average molecular weight is 256 g/mol. The zero-order chi connectivity index (χ0) is 13.2. The Morgan fingerprint density at radius 2 is 2.16 bits per heavy atom. The predicted molar refractivity (Wildman–Crippen MR) is 76.4 cm³/mol. The number of rotatable bonds is 4. The Morgan fingerprint density at radius 3 is 2.84 bits per heavy atom. The molecule has 3 heteroatoms. The summed E-state index contributed by atoms with van der Waals surface area (Å²) in [7, 11) is 0. The fourth-order valence-electron chi connectivity index (χ4n) is 3.16. The van der Waals surface area contributed by atoms with Crippen molar-refractivity contribution in [2.45, 2.75) is 51.5 Å². The number of benzene rings is 1. The van der Waals surface area contributed by atoms with Gasteiger partial charge in [0, 0.05) is 11.8 Å². The zero-order valence-corrected chi connectivity index (χ0v) is 11.4. The molecule has 3 rings (SSSR count). The molecule has 0 atom stereocenters. The smallest absolute Gasteiger partial charge is 0.124 e. The average Bonchev–Trinajstić information content (AvgIpc) is 3.05. The van der Waals surface area contributed by atoms with Gasteiger partial charge in [0.1, 0.15) is 6.29 Å². The number of nitrogens with zero attached hydrogens (tertiary/aromatic N) is 2. The van der Waals surface area contributed by atoms with Crippen LogP contribution in [0.5, 0.6) is 0 Å². The van der Waals surface area contributed by atoms with Crippen LogP contribution in [0.2, 0.25) is 0 Å². The molecule has 1 fully saturated rings. The molecule has 19 heavy (non-hydrogen) atoms. The highest BCUT2D eigenvalue weighted by molar-refractivity contribution is 5.83. The highest BCUT2D eigenvalue weighted by Gasteiger charge is 2.21. The van der Waals surface area contributed by atoms with Crippen LogP contribution in [0.4, 0.5) is 0 Å². The Balaban J connectivity index is 2.12. The van der Waals surface area contributed by atoms with Crippen molar-refractivity contribution in [3.05, 3.63) is 29.5 Å². The SMILES string of the molecule is CCc1nn(C2CCCC2)c2cc(CC=O)ccc12. The number of carbonyl (C=O) groups is 1. The standard InChI is InChI=1S/C16H20N2O/c1-2-15-14-8-7-12(9-10-19)11-16(14)18(17-15)13-5-3-4-6-13/h7-8,10-11,13H,2-6,9H2,1H3. The van der Waals surface area contributed by atoms with Gasteiger partial charge in [0.15, 0.2) is 0 Å². The monoisotopic (exact) mass is 256 g/mol. The predicted octanol–water partition coefficient (Wildman–Crippen LogP) is 3.46. The van der Waals surface area contributed by atoms with E-state index in [0.29, 0.717) is 12.5 Å². The molecule has 1 aliphatic carbocycles. The van der Waals surface area contributed by atoms with Crippen LogP contribution >= 0.6 is 0 Å². The third-order valence-electron chi connectivity index (χ3n) is 4.17. The fraction of sp³-hybridized carbons (Fsp3) is 0.500. The number of fused-ring (bicyclic) bond motifs is 1. The van der Waals surface area contributed by atoms with Crippen LogP contribution in [0, 0.1) is 0 Å². The molecule has 1 aromatic heterocycles. The van der Waals surface area contributed by atoms with E-state index in [4.69, 9.17) is 5.10 Å². The van der Waals surface area contributed by atoms with Crippen LogP contribution in [0.25, 0.3) is 10.9 Å². The van der Waals surface area contributed by atoms with Crippen molar-refractivity contribution in [2.75, 3.05) is 0 Å². The summed E-state index contributed by atoms with van der Waals surface area (Å²) in [5.41, 5.74) is 3.48. The summed E-state index contributed by atoms with van der Waals surface area (Å²) < 4.78 is 2.22. The van der Waals surface area contributed by atoms with E-state index in [2.05, 4.69) is 29.8 Å². The van der Waals surface area contributed by atoms with Gasteiger partial charge in [-0.15, -0.1) is 0 Å². The van der Waals surface area contributed by atoms with Gasteiger partial charge in [0.2, 0.25) is 0 Å². The molecule has 0 spiro atoms. The summed E-state index contributed by atoms with van der Waals surface area (Å²) in [6.07, 6.45) is 7.51. The summed E-state index contributed by atoms with van der Waals surface area (Å²) in [5.74, 6) is 0. The number of hydrogen-bond donors (Lipinski definition) is 0. The number of aromatic nitrogens is 2. The molecule has 0 aliphatic heterocycles. The lowest BCUT2D eigenvalue weighted by molar-refractivity contribution is -0.107. The van der Waals surface area contributed by atoms with E-state index in [1.807, 2.05) is 0 Å². The summed E-state index contributed by atoms with van der Waals surface area (Å²) in [4.78, 5) is 10.7. The van der Waals surface area contributed by atoms with Gasteiger partial charge < -0.3 is 4.79 Å². The summed E-state index contributed by atoms with van der Waals surface area (Å²) in [6.45, 7) is 2.15. The van der Waals surface area contributed by atoms with Crippen LogP contribution in [0.15, 0.2) is 18.2 Å². The molecule has 0 unspecified atom stereocenters. The molecular formula is C16H20N2O. The lowest BCUT2D eigenvalue weighted by atomic mass is 10.1. The van der Waals surface area contributed by atoms with Crippen LogP contribution < -0.4 is 0 Å². The highest BCUT2D eigenvalue weighted by Crippen LogP contribution is 2.33. The number of carbonyl (C=O) groups excluding carboxylic acids is 1. The molecule has 0 saturated heterocycles. The van der Waals surface area contributed by atoms with Crippen LogP contribution in [-0.4, -0.2) is 16.1 Å². The Labute approximate surface area is 113 Å². The molecule has 1 saturated carbocycles. The van der Waals surface area contributed by atoms with Gasteiger partial charge >= 0.3 is 0 Å². The first-order chi connectivity index (χ1) is 9.33. The van der Waals surface area contributed by atoms with Gasteiger partial charge in [-0.25, -0.2) is 0 Å². The van der Waals surface area contributed by atoms with Crippen LogP contribution in [0.1, 0.15) is 49.9 Å². The minimum atomic E-state index is 0.493. The molecular weight excluding hydrogens is 236 g/mol. The molecule has 100 valence electrons. The van der Waals surface area contributed by atoms with E-state index < -0.39 is 0 Å². The Kier molecular flexibility index (Phi) is 3.36. The van der Waals surface area contributed by atoms with Gasteiger partial charge in [-0.1, -0.05) is 31.9 Å². The maximum Gasteiger partial charge on any atom is 0.124 e. The van der Waals surface area contributed by atoms with Crippen molar-refractivity contribution in [1.82, 2.24) is 9.78 Å². The first-order valence-corrected chi connectivity index (χ1v) is 7.27. The topological polar surface area (TPSA) is 34.9 Å². The molecule has 0 amide bonds. The zero-order valence-electron chi connectivity index (χ0n) is 11.4. The van der Waals surface area contributed by atoms with Crippen molar-refractivity contribution in [1.29, 1.82) is 0 Å². The first kappa shape index (κ1) is 12.4. The minimum Gasteiger partial charge on any atom is -0.303 e. The fourth-order valence-corrected chi connectivity index (χ4v) is 3.16. The van der Waals surface area contributed by atoms with Crippen molar-refractivity contribution >= 4 is 17.2 Å². The highest BCUT2D eigenvalue weighted by atomic mass is 16.1. The van der Waals surface area contributed by atoms with Gasteiger partial charge in [-0.2, -0.15) is 5.10 Å². The second-order valence-corrected chi connectivity index (χ2v) is 5.41. The molecule has 0 bridgehead atoms. The third-order valence-corrected chi connectivity index (χ3v) is 4.17. The van der Waals surface area contributed by atoms with E-state index >= 15 is 0 Å². The van der Waals surface area contributed by atoms with Gasteiger partial charge in [0.25, 0.3) is 0 Å². The first-order valence-electron chi connectivity index (χ1n) is 7.27. The number of aldehydes is 1. The maximum absolute atomic E-state index is 10.7. The lowest BCUT2D eigenvalue weighted by Crippen LogP contribution is -2.06. The molecule has 2 aromatic rings. The van der Waals surface area contributed by atoms with Crippen molar-refractivity contribution in [2.24, 2.45) is 0 Å². The molecule has 3 nitrogen and oxygen atoms in total. The summed E-state index contributed by atoms with van der Waals surface area (Å²) >= 11 is 0. The van der Waals surface area contributed by atoms with E-state index in [1.165, 1.54) is 42.3 Å². The molecule has 0 N–H and O–H groups in total. The number of hydrogen-bond acceptors (Lipinski definition) is 2. The third kappa shape index (κ3) is 2.18. The Hall–Kier alpha value is -1.64. The summed E-state index contributed by atoms with van der Waals surface area (Å²) in [5, 5.41) is 6.07. The normalized spacial score (nSPS) is 16.3. The summed E-state index contributed by atoms with van der Waals surface area (Å²) in [6, 6.07) is 6.88. The minimum absolute atomic E-state index is 0.493. The second kappa shape index (κ2) is 5.16. The van der Waals surface area contributed by atoms with Crippen LogP contribution in [0.3, 0.4) is 0 Å². The Morgan fingerprint density at radius 1 is 1.37 bits per heavy atom. The number of aryl methyl sites for hydroxylation is 1. The van der Waals surface area contributed by atoms with Crippen molar-refractivity contribution in [3.63, 3.8) is 0 Å². The van der Waals surface area contributed by atoms with Gasteiger partial charge in [-0.3, -0.25) is 4.68 Å². The van der Waals surface area contributed by atoms with Gasteiger partial charge in [-0.05, 0) is 30.9 Å². The maximum atomic E-state index is 10.7. The molecule has 1 aromatic carbocycles. The molecule has 1 aliphatic rings. The van der Waals surface area contributed by atoms with Crippen molar-refractivity contribution < 1.29 is 4.79 Å². The van der Waals surface area contributed by atoms with Crippen LogP contribution in [-0.2, 0) is 17.6 Å². The van der Waals surface area contributed by atoms with E-state index in [0.717, 1.165) is 18.3 Å². The van der Waals surface area contributed by atoms with Gasteiger partial charge in [0.05, 0.1) is 17.3 Å². The second-order valence-electron chi connectivity index (χ2n) is 5.41. The van der Waals surface area contributed by atoms with E-state index in [-0.39, 0.29) is 0 Å². The van der Waals surface area contributed by atoms with E-state index in [1.54, 1.807) is 0 Å². The van der Waals surface area contributed by atoms with E-state index in [9.17, 15) is 4.79 Å². The lowest BCUT2D eigenvalue weighted by Gasteiger charge is -2.11. The largest absolute Gasteiger partial charge is 0.303 e. The quantitative estimate of drug-likeness (QED) is 0.785. The molecule has 0 radical (unpaired) electrons. The van der Waals surface area contributed by atoms with Crippen molar-refractivity contribution in [3.8, 4) is 0 Å². The molecule has 1 heterocycles. The Bertz CT molecular complexity index is 594.